The van der Waals surface area contributed by atoms with Gasteiger partial charge in [0, 0.05) is 20.1 Å². The van der Waals surface area contributed by atoms with Crippen molar-refractivity contribution in [3.63, 3.8) is 0 Å². The summed E-state index contributed by atoms with van der Waals surface area (Å²) < 4.78 is 44.8. The second kappa shape index (κ2) is 9.95. The highest BCUT2D eigenvalue weighted by molar-refractivity contribution is 5.95. The normalized spacial score (nSPS) is 15.3. The van der Waals surface area contributed by atoms with Crippen LogP contribution in [0.2, 0.25) is 0 Å². The van der Waals surface area contributed by atoms with Crippen LogP contribution in [-0.4, -0.2) is 56.0 Å². The van der Waals surface area contributed by atoms with E-state index in [9.17, 15) is 22.8 Å². The fourth-order valence-corrected chi connectivity index (χ4v) is 2.90. The van der Waals surface area contributed by atoms with Crippen LogP contribution in [0.15, 0.2) is 17.1 Å². The van der Waals surface area contributed by atoms with Crippen LogP contribution in [0.1, 0.15) is 19.8 Å². The molecule has 1 aliphatic rings. The van der Waals surface area contributed by atoms with Gasteiger partial charge in [0.25, 0.3) is 0 Å². The van der Waals surface area contributed by atoms with Crippen molar-refractivity contribution in [2.75, 3.05) is 38.6 Å². The lowest BCUT2D eigenvalue weighted by molar-refractivity contribution is -0.149. The highest BCUT2D eigenvalue weighted by Gasteiger charge is 2.27. The smallest absolute Gasteiger partial charge is 0.309 e. The zero-order valence-electron chi connectivity index (χ0n) is 15.7. The van der Waals surface area contributed by atoms with Gasteiger partial charge >= 0.3 is 5.97 Å². The number of benzene rings is 1. The number of halogens is 3. The van der Waals surface area contributed by atoms with Crippen molar-refractivity contribution in [2.45, 2.75) is 19.8 Å². The summed E-state index contributed by atoms with van der Waals surface area (Å²) in [6.07, 6.45) is 1.21. The Balaban J connectivity index is 1.85. The number of anilines is 1. The van der Waals surface area contributed by atoms with E-state index in [2.05, 4.69) is 15.6 Å². The Kier molecular flexibility index (Phi) is 7.65. The third-order valence-corrected chi connectivity index (χ3v) is 4.34. The molecule has 0 spiro atoms. The van der Waals surface area contributed by atoms with Gasteiger partial charge in [0.2, 0.25) is 5.91 Å². The fourth-order valence-electron chi connectivity index (χ4n) is 2.90. The van der Waals surface area contributed by atoms with Crippen LogP contribution in [-0.2, 0) is 14.3 Å². The second-order valence-corrected chi connectivity index (χ2v) is 6.19. The van der Waals surface area contributed by atoms with Gasteiger partial charge in [-0.3, -0.25) is 14.6 Å². The number of hydrogen-bond donors (Lipinski definition) is 2. The van der Waals surface area contributed by atoms with Gasteiger partial charge in [-0.25, -0.2) is 13.2 Å². The first-order chi connectivity index (χ1) is 13.4. The molecule has 1 amide bonds. The molecule has 7 nitrogen and oxygen atoms in total. The molecular weight excluding hydrogens is 377 g/mol. The molecule has 1 aliphatic heterocycles. The highest BCUT2D eigenvalue weighted by Crippen LogP contribution is 2.20. The number of piperidine rings is 1. The van der Waals surface area contributed by atoms with Crippen LogP contribution in [0, 0.1) is 23.4 Å². The van der Waals surface area contributed by atoms with E-state index < -0.39 is 29.0 Å². The Morgan fingerprint density at radius 2 is 1.89 bits per heavy atom. The lowest BCUT2D eigenvalue weighted by Crippen LogP contribution is -2.48. The molecule has 0 unspecified atom stereocenters. The number of rotatable bonds is 5. The van der Waals surface area contributed by atoms with Gasteiger partial charge in [-0.15, -0.1) is 0 Å². The van der Waals surface area contributed by atoms with Gasteiger partial charge in [-0.05, 0) is 31.9 Å². The molecule has 0 aliphatic carbocycles. The number of carbonyl (C=O) groups is 2. The van der Waals surface area contributed by atoms with Gasteiger partial charge in [0.1, 0.15) is 0 Å². The minimum Gasteiger partial charge on any atom is -0.466 e. The van der Waals surface area contributed by atoms with Crippen molar-refractivity contribution < 1.29 is 27.5 Å². The summed E-state index contributed by atoms with van der Waals surface area (Å²) in [5.41, 5.74) is -0.448. The number of aliphatic imine (C=N–C) groups is 1. The topological polar surface area (TPSA) is 83.0 Å². The highest BCUT2D eigenvalue weighted by atomic mass is 19.2. The van der Waals surface area contributed by atoms with E-state index in [1.54, 1.807) is 14.0 Å². The van der Waals surface area contributed by atoms with Crippen molar-refractivity contribution in [1.82, 2.24) is 10.2 Å². The summed E-state index contributed by atoms with van der Waals surface area (Å²) in [6.45, 7) is 2.97. The molecule has 2 N–H and O–H groups in total. The Hall–Kier alpha value is -2.78. The van der Waals surface area contributed by atoms with Gasteiger partial charge in [-0.1, -0.05) is 0 Å². The standard InChI is InChI=1S/C18H23F3N4O3/c1-3-28-17(27)11-6-8-25(9-7-11)18(22-2)23-10-14(26)24-13-5-4-12(19)15(20)16(13)21/h4-5,11H,3,6-10H2,1-2H3,(H,22,23)(H,24,26). The van der Waals surface area contributed by atoms with Crippen molar-refractivity contribution in [3.05, 3.63) is 29.6 Å². The lowest BCUT2D eigenvalue weighted by Gasteiger charge is -2.33. The molecule has 154 valence electrons. The first-order valence-corrected chi connectivity index (χ1v) is 8.92. The van der Waals surface area contributed by atoms with Crippen molar-refractivity contribution in [1.29, 1.82) is 0 Å². The number of nitrogens with zero attached hydrogens (tertiary/aromatic N) is 2. The molecule has 1 heterocycles. The van der Waals surface area contributed by atoms with E-state index in [-0.39, 0.29) is 18.4 Å². The average molecular weight is 400 g/mol. The molecule has 0 aromatic heterocycles. The average Bonchev–Trinajstić information content (AvgIpc) is 2.69. The first kappa shape index (κ1) is 21.5. The number of ether oxygens (including phenoxy) is 1. The maximum Gasteiger partial charge on any atom is 0.309 e. The van der Waals surface area contributed by atoms with E-state index in [1.165, 1.54) is 0 Å². The van der Waals surface area contributed by atoms with Crippen molar-refractivity contribution in [2.24, 2.45) is 10.9 Å². The minimum absolute atomic E-state index is 0.158. The molecule has 0 atom stereocenters. The molecule has 0 bridgehead atoms. The van der Waals surface area contributed by atoms with Gasteiger partial charge in [-0.2, -0.15) is 0 Å². The third-order valence-electron chi connectivity index (χ3n) is 4.34. The molecule has 2 rings (SSSR count). The Morgan fingerprint density at radius 1 is 1.21 bits per heavy atom. The van der Waals surface area contributed by atoms with E-state index >= 15 is 0 Å². The summed E-state index contributed by atoms with van der Waals surface area (Å²) in [7, 11) is 1.55. The summed E-state index contributed by atoms with van der Waals surface area (Å²) in [6, 6.07) is 1.68. The molecule has 28 heavy (non-hydrogen) atoms. The maximum atomic E-state index is 13.6. The predicted octanol–water partition coefficient (Wildman–Crippen LogP) is 1.89. The third kappa shape index (κ3) is 5.37. The Bertz CT molecular complexity index is 750. The SMILES string of the molecule is CCOC(=O)C1CCN(C(=NC)NCC(=O)Nc2ccc(F)c(F)c2F)CC1. The molecule has 10 heteroatoms. The number of hydrogen-bond acceptors (Lipinski definition) is 4. The molecule has 0 radical (unpaired) electrons. The van der Waals surface area contributed by atoms with E-state index in [0.29, 0.717) is 38.5 Å². The molecular formula is C18H23F3N4O3. The van der Waals surface area contributed by atoms with Crippen molar-refractivity contribution in [3.8, 4) is 0 Å². The van der Waals surface area contributed by atoms with Crippen LogP contribution in [0.4, 0.5) is 18.9 Å². The number of esters is 1. The van der Waals surface area contributed by atoms with Gasteiger partial charge in [0.15, 0.2) is 23.4 Å². The molecule has 1 fully saturated rings. The van der Waals surface area contributed by atoms with E-state index in [0.717, 1.165) is 12.1 Å². The molecule has 0 saturated carbocycles. The minimum atomic E-state index is -1.65. The van der Waals surface area contributed by atoms with Crippen LogP contribution < -0.4 is 10.6 Å². The maximum absolute atomic E-state index is 13.6. The number of likely N-dealkylation sites (tertiary alicyclic amines) is 1. The number of guanidine groups is 1. The van der Waals surface area contributed by atoms with Gasteiger partial charge < -0.3 is 20.3 Å². The predicted molar refractivity (Wildman–Crippen MR) is 97.2 cm³/mol. The number of carbonyl (C=O) groups excluding carboxylic acids is 2. The first-order valence-electron chi connectivity index (χ1n) is 8.92. The summed E-state index contributed by atoms with van der Waals surface area (Å²) in [5, 5.41) is 5.01. The largest absolute Gasteiger partial charge is 0.466 e. The van der Waals surface area contributed by atoms with Crippen molar-refractivity contribution >= 4 is 23.5 Å². The summed E-state index contributed by atoms with van der Waals surface area (Å²) in [4.78, 5) is 29.8. The number of amides is 1. The number of nitrogens with one attached hydrogen (secondary N) is 2. The van der Waals surface area contributed by atoms with Crippen LogP contribution in [0.5, 0.6) is 0 Å². The molecule has 1 aromatic carbocycles. The molecule has 1 aromatic rings. The van der Waals surface area contributed by atoms with E-state index in [1.807, 2.05) is 4.90 Å². The Morgan fingerprint density at radius 3 is 2.50 bits per heavy atom. The van der Waals surface area contributed by atoms with Gasteiger partial charge in [0.05, 0.1) is 24.8 Å². The second-order valence-electron chi connectivity index (χ2n) is 6.19. The quantitative estimate of drug-likeness (QED) is 0.341. The summed E-state index contributed by atoms with van der Waals surface area (Å²) in [5.74, 6) is -5.01. The fraction of sp³-hybridized carbons (Fsp3) is 0.500. The van der Waals surface area contributed by atoms with Crippen LogP contribution in [0.25, 0.3) is 0 Å². The summed E-state index contributed by atoms with van der Waals surface area (Å²) >= 11 is 0. The van der Waals surface area contributed by atoms with Crippen LogP contribution in [0.3, 0.4) is 0 Å². The Labute approximate surface area is 160 Å². The lowest BCUT2D eigenvalue weighted by atomic mass is 9.97. The zero-order chi connectivity index (χ0) is 20.7. The molecule has 1 saturated heterocycles. The zero-order valence-corrected chi connectivity index (χ0v) is 15.7. The van der Waals surface area contributed by atoms with Crippen LogP contribution >= 0.6 is 0 Å². The van der Waals surface area contributed by atoms with E-state index in [4.69, 9.17) is 4.74 Å². The monoisotopic (exact) mass is 400 g/mol.